The standard InChI is InChI=1S/C23H27N7O2.2ClH/c31-21(16-1-4-18(5-2-16)29-11-7-24-8-12-29)26-17-3-6-20-19(15-17)22(32)28-23(27-20)30-13-9-25-10-14-30;;/h1-6,15,24-25H,7-14H2,(H,26,31)(H,27,28,32);2*1H. The van der Waals surface area contributed by atoms with E-state index in [4.69, 9.17) is 0 Å². The largest absolute Gasteiger partial charge is 0.369 e. The number of benzene rings is 2. The van der Waals surface area contributed by atoms with Gasteiger partial charge in [-0.05, 0) is 42.5 Å². The van der Waals surface area contributed by atoms with Gasteiger partial charge in [0.1, 0.15) is 0 Å². The highest BCUT2D eigenvalue weighted by atomic mass is 35.5. The second-order valence-corrected chi connectivity index (χ2v) is 8.10. The van der Waals surface area contributed by atoms with Crippen LogP contribution in [0.15, 0.2) is 47.3 Å². The summed E-state index contributed by atoms with van der Waals surface area (Å²) in [6, 6.07) is 12.9. The number of nitrogens with one attached hydrogen (secondary N) is 4. The number of hydrogen-bond donors (Lipinski definition) is 4. The summed E-state index contributed by atoms with van der Waals surface area (Å²) in [6.45, 7) is 7.19. The van der Waals surface area contributed by atoms with Gasteiger partial charge in [-0.3, -0.25) is 14.6 Å². The van der Waals surface area contributed by atoms with Crippen molar-refractivity contribution in [2.24, 2.45) is 0 Å². The molecule has 0 unspecified atom stereocenters. The molecule has 1 aromatic heterocycles. The molecule has 3 heterocycles. The Labute approximate surface area is 210 Å². The van der Waals surface area contributed by atoms with E-state index >= 15 is 0 Å². The number of rotatable bonds is 4. The van der Waals surface area contributed by atoms with Crippen molar-refractivity contribution in [2.45, 2.75) is 0 Å². The Morgan fingerprint density at radius 3 is 2.12 bits per heavy atom. The lowest BCUT2D eigenvalue weighted by Gasteiger charge is -2.29. The van der Waals surface area contributed by atoms with Gasteiger partial charge in [-0.25, -0.2) is 4.98 Å². The average molecular weight is 506 g/mol. The summed E-state index contributed by atoms with van der Waals surface area (Å²) in [6.07, 6.45) is 0. The first-order valence-electron chi connectivity index (χ1n) is 11.0. The number of fused-ring (bicyclic) bond motifs is 1. The number of aromatic amines is 1. The van der Waals surface area contributed by atoms with Gasteiger partial charge in [0, 0.05) is 69.3 Å². The van der Waals surface area contributed by atoms with Crippen LogP contribution in [0, 0.1) is 0 Å². The normalized spacial score (nSPS) is 15.9. The number of H-pyrrole nitrogens is 1. The Morgan fingerprint density at radius 2 is 1.47 bits per heavy atom. The van der Waals surface area contributed by atoms with E-state index in [2.05, 4.69) is 35.7 Å². The fraction of sp³-hybridized carbons (Fsp3) is 0.348. The number of carbonyl (C=O) groups is 1. The first-order chi connectivity index (χ1) is 15.7. The van der Waals surface area contributed by atoms with Gasteiger partial charge in [-0.1, -0.05) is 0 Å². The zero-order valence-corrected chi connectivity index (χ0v) is 20.3. The lowest BCUT2D eigenvalue weighted by molar-refractivity contribution is 0.102. The van der Waals surface area contributed by atoms with Crippen molar-refractivity contribution in [1.29, 1.82) is 0 Å². The quantitative estimate of drug-likeness (QED) is 0.428. The molecule has 2 saturated heterocycles. The molecule has 4 N–H and O–H groups in total. The molecule has 9 nitrogen and oxygen atoms in total. The van der Waals surface area contributed by atoms with E-state index in [-0.39, 0.29) is 36.3 Å². The molecule has 2 aliphatic heterocycles. The van der Waals surface area contributed by atoms with Crippen LogP contribution in [0.4, 0.5) is 17.3 Å². The zero-order valence-electron chi connectivity index (χ0n) is 18.7. The molecule has 0 spiro atoms. The summed E-state index contributed by atoms with van der Waals surface area (Å²) >= 11 is 0. The Morgan fingerprint density at radius 1 is 0.853 bits per heavy atom. The highest BCUT2D eigenvalue weighted by molar-refractivity contribution is 6.05. The number of hydrogen-bond acceptors (Lipinski definition) is 7. The van der Waals surface area contributed by atoms with Crippen LogP contribution in [0.5, 0.6) is 0 Å². The van der Waals surface area contributed by atoms with Crippen LogP contribution in [0.3, 0.4) is 0 Å². The zero-order chi connectivity index (χ0) is 21.9. The second kappa shape index (κ2) is 11.5. The minimum absolute atomic E-state index is 0. The highest BCUT2D eigenvalue weighted by Gasteiger charge is 2.15. The van der Waals surface area contributed by atoms with Crippen molar-refractivity contribution in [3.63, 3.8) is 0 Å². The first-order valence-corrected chi connectivity index (χ1v) is 11.0. The molecule has 11 heteroatoms. The van der Waals surface area contributed by atoms with Crippen LogP contribution in [0.2, 0.25) is 0 Å². The Balaban J connectivity index is 0.00000162. The summed E-state index contributed by atoms with van der Waals surface area (Å²) < 4.78 is 0. The topological polar surface area (TPSA) is 105 Å². The van der Waals surface area contributed by atoms with Crippen molar-refractivity contribution >= 4 is 58.9 Å². The maximum absolute atomic E-state index is 12.7. The molecule has 34 heavy (non-hydrogen) atoms. The number of halogens is 2. The summed E-state index contributed by atoms with van der Waals surface area (Å²) in [5.41, 5.74) is 2.66. The minimum atomic E-state index is -0.210. The van der Waals surface area contributed by atoms with Crippen molar-refractivity contribution in [2.75, 3.05) is 67.5 Å². The summed E-state index contributed by atoms with van der Waals surface area (Å²) in [5.74, 6) is 0.378. The number of piperazine rings is 2. The van der Waals surface area contributed by atoms with Gasteiger partial charge >= 0.3 is 0 Å². The second-order valence-electron chi connectivity index (χ2n) is 8.10. The van der Waals surface area contributed by atoms with E-state index < -0.39 is 0 Å². The molecule has 0 aliphatic carbocycles. The summed E-state index contributed by atoms with van der Waals surface area (Å²) in [7, 11) is 0. The molecule has 0 atom stereocenters. The molecule has 0 radical (unpaired) electrons. The van der Waals surface area contributed by atoms with Gasteiger partial charge in [0.2, 0.25) is 5.95 Å². The summed E-state index contributed by atoms with van der Waals surface area (Å²) in [5, 5.41) is 9.97. The number of aromatic nitrogens is 2. The molecular formula is C23H29Cl2N7O2. The van der Waals surface area contributed by atoms with E-state index in [1.807, 2.05) is 24.3 Å². The monoisotopic (exact) mass is 505 g/mol. The summed E-state index contributed by atoms with van der Waals surface area (Å²) in [4.78, 5) is 37.3. The SMILES string of the molecule is Cl.Cl.O=C(Nc1ccc2nc(N3CCNCC3)[nH]c(=O)c2c1)c1ccc(N2CCNCC2)cc1. The van der Waals surface area contributed by atoms with Gasteiger partial charge in [0.05, 0.1) is 10.9 Å². The third kappa shape index (κ3) is 5.61. The van der Waals surface area contributed by atoms with Gasteiger partial charge in [-0.15, -0.1) is 24.8 Å². The van der Waals surface area contributed by atoms with Crippen LogP contribution >= 0.6 is 24.8 Å². The van der Waals surface area contributed by atoms with Gasteiger partial charge in [-0.2, -0.15) is 0 Å². The van der Waals surface area contributed by atoms with E-state index in [0.29, 0.717) is 28.1 Å². The van der Waals surface area contributed by atoms with Crippen LogP contribution in [-0.2, 0) is 0 Å². The molecular weight excluding hydrogens is 477 g/mol. The van der Waals surface area contributed by atoms with Crippen LogP contribution in [0.1, 0.15) is 10.4 Å². The maximum Gasteiger partial charge on any atom is 0.260 e. The highest BCUT2D eigenvalue weighted by Crippen LogP contribution is 2.20. The molecule has 3 aromatic rings. The average Bonchev–Trinajstić information content (AvgIpc) is 2.85. The van der Waals surface area contributed by atoms with Crippen LogP contribution < -0.4 is 31.3 Å². The van der Waals surface area contributed by atoms with Crippen molar-refractivity contribution in [3.05, 3.63) is 58.4 Å². The van der Waals surface area contributed by atoms with Crippen LogP contribution in [-0.4, -0.2) is 68.2 Å². The predicted octanol–water partition coefficient (Wildman–Crippen LogP) is 1.84. The fourth-order valence-corrected chi connectivity index (χ4v) is 4.18. The Bertz CT molecular complexity index is 1170. The van der Waals surface area contributed by atoms with Crippen molar-refractivity contribution in [3.8, 4) is 0 Å². The van der Waals surface area contributed by atoms with Gasteiger partial charge in [0.25, 0.3) is 11.5 Å². The van der Waals surface area contributed by atoms with Gasteiger partial charge in [0.15, 0.2) is 0 Å². The van der Waals surface area contributed by atoms with E-state index in [1.165, 1.54) is 0 Å². The predicted molar refractivity (Wildman–Crippen MR) is 141 cm³/mol. The fourth-order valence-electron chi connectivity index (χ4n) is 4.18. The molecule has 5 rings (SSSR count). The third-order valence-corrected chi connectivity index (χ3v) is 5.98. The van der Waals surface area contributed by atoms with Gasteiger partial charge < -0.3 is 25.8 Å². The van der Waals surface area contributed by atoms with Crippen LogP contribution in [0.25, 0.3) is 10.9 Å². The smallest absolute Gasteiger partial charge is 0.260 e. The molecule has 2 aromatic carbocycles. The molecule has 2 aliphatic rings. The number of nitrogens with zero attached hydrogens (tertiary/aromatic N) is 3. The molecule has 1 amide bonds. The third-order valence-electron chi connectivity index (χ3n) is 5.98. The molecule has 182 valence electrons. The molecule has 0 bridgehead atoms. The Kier molecular flexibility index (Phi) is 8.73. The van der Waals surface area contributed by atoms with Crippen molar-refractivity contribution in [1.82, 2.24) is 20.6 Å². The number of amides is 1. The van der Waals surface area contributed by atoms with Crippen molar-refractivity contribution < 1.29 is 4.79 Å². The van der Waals surface area contributed by atoms with E-state index in [9.17, 15) is 9.59 Å². The first kappa shape index (κ1) is 25.8. The Hall–Kier alpha value is -2.85. The number of anilines is 3. The lowest BCUT2D eigenvalue weighted by atomic mass is 10.1. The maximum atomic E-state index is 12.7. The van der Waals surface area contributed by atoms with E-state index in [1.54, 1.807) is 18.2 Å². The lowest BCUT2D eigenvalue weighted by Crippen LogP contribution is -2.44. The molecule has 0 saturated carbocycles. The van der Waals surface area contributed by atoms with E-state index in [0.717, 1.165) is 58.0 Å². The number of carbonyl (C=O) groups excluding carboxylic acids is 1. The minimum Gasteiger partial charge on any atom is -0.369 e. The molecule has 2 fully saturated rings.